The first-order valence-corrected chi connectivity index (χ1v) is 6.55. The first kappa shape index (κ1) is 12.7. The number of aliphatic carboxylic acids is 1. The summed E-state index contributed by atoms with van der Waals surface area (Å²) in [7, 11) is 0. The lowest BCUT2D eigenvalue weighted by Crippen LogP contribution is -2.44. The number of piperidine rings is 1. The Labute approximate surface area is 115 Å². The summed E-state index contributed by atoms with van der Waals surface area (Å²) in [4.78, 5) is 12.5. The zero-order chi connectivity index (χ0) is 13.9. The van der Waals surface area contributed by atoms with Crippen LogP contribution in [0.1, 0.15) is 18.9 Å². The number of tetrazole rings is 1. The van der Waals surface area contributed by atoms with E-state index in [1.807, 2.05) is 30.3 Å². The highest BCUT2D eigenvalue weighted by Gasteiger charge is 2.27. The van der Waals surface area contributed by atoms with Crippen molar-refractivity contribution in [2.75, 3.05) is 6.54 Å². The Balaban J connectivity index is 1.71. The van der Waals surface area contributed by atoms with E-state index in [4.69, 9.17) is 5.11 Å². The first-order valence-electron chi connectivity index (χ1n) is 6.55. The molecule has 1 saturated heterocycles. The predicted molar refractivity (Wildman–Crippen MR) is 71.0 cm³/mol. The second-order valence-electron chi connectivity index (χ2n) is 4.83. The Hall–Kier alpha value is -2.28. The van der Waals surface area contributed by atoms with Gasteiger partial charge in [0.15, 0.2) is 0 Å². The number of carboxylic acids is 1. The molecule has 1 aliphatic heterocycles. The molecule has 2 N–H and O–H groups in total. The van der Waals surface area contributed by atoms with Crippen LogP contribution in [0.3, 0.4) is 0 Å². The van der Waals surface area contributed by atoms with Crippen LogP contribution in [0.15, 0.2) is 30.3 Å². The lowest BCUT2D eigenvalue weighted by Gasteiger charge is -2.26. The third-order valence-corrected chi connectivity index (χ3v) is 3.47. The Bertz CT molecular complexity index is 590. The fourth-order valence-corrected chi connectivity index (χ4v) is 2.33. The summed E-state index contributed by atoms with van der Waals surface area (Å²) in [6.07, 6.45) is 1.30. The number of aromatic nitrogens is 4. The Morgan fingerprint density at radius 2 is 2.10 bits per heavy atom. The average Bonchev–Trinajstić information content (AvgIpc) is 2.98. The van der Waals surface area contributed by atoms with Crippen LogP contribution in [0.25, 0.3) is 11.4 Å². The van der Waals surface area contributed by atoms with Crippen LogP contribution >= 0.6 is 0 Å². The molecule has 0 aliphatic carbocycles. The molecule has 0 bridgehead atoms. The van der Waals surface area contributed by atoms with Gasteiger partial charge < -0.3 is 10.4 Å². The van der Waals surface area contributed by atoms with E-state index >= 15 is 0 Å². The van der Waals surface area contributed by atoms with E-state index < -0.39 is 12.0 Å². The van der Waals surface area contributed by atoms with Gasteiger partial charge in [0.25, 0.3) is 0 Å². The number of hydrogen-bond acceptors (Lipinski definition) is 5. The maximum atomic E-state index is 10.9. The van der Waals surface area contributed by atoms with E-state index in [-0.39, 0.29) is 6.04 Å². The van der Waals surface area contributed by atoms with Crippen molar-refractivity contribution in [2.24, 2.45) is 0 Å². The van der Waals surface area contributed by atoms with Crippen molar-refractivity contribution in [3.63, 3.8) is 0 Å². The van der Waals surface area contributed by atoms with E-state index in [9.17, 15) is 4.79 Å². The monoisotopic (exact) mass is 273 g/mol. The van der Waals surface area contributed by atoms with E-state index in [2.05, 4.69) is 20.7 Å². The van der Waals surface area contributed by atoms with Gasteiger partial charge in [0.05, 0.1) is 6.04 Å². The topological polar surface area (TPSA) is 92.9 Å². The van der Waals surface area contributed by atoms with Gasteiger partial charge in [-0.1, -0.05) is 30.3 Å². The van der Waals surface area contributed by atoms with Crippen LogP contribution < -0.4 is 5.32 Å². The third kappa shape index (κ3) is 2.53. The van der Waals surface area contributed by atoms with Gasteiger partial charge in [-0.3, -0.25) is 4.79 Å². The number of carbonyl (C=O) groups is 1. The Morgan fingerprint density at radius 3 is 2.75 bits per heavy atom. The molecule has 1 aromatic carbocycles. The molecule has 0 amide bonds. The average molecular weight is 273 g/mol. The van der Waals surface area contributed by atoms with Crippen LogP contribution in [-0.4, -0.2) is 43.9 Å². The minimum atomic E-state index is -0.806. The highest BCUT2D eigenvalue weighted by molar-refractivity contribution is 5.73. The van der Waals surface area contributed by atoms with E-state index in [0.29, 0.717) is 18.8 Å². The van der Waals surface area contributed by atoms with Crippen molar-refractivity contribution in [3.8, 4) is 11.4 Å². The fourth-order valence-electron chi connectivity index (χ4n) is 2.33. The molecular weight excluding hydrogens is 258 g/mol. The van der Waals surface area contributed by atoms with Crippen LogP contribution in [0, 0.1) is 0 Å². The highest BCUT2D eigenvalue weighted by atomic mass is 16.4. The predicted octanol–water partition coefficient (Wildman–Crippen LogP) is 0.718. The van der Waals surface area contributed by atoms with Gasteiger partial charge in [-0.25, -0.2) is 0 Å². The zero-order valence-corrected chi connectivity index (χ0v) is 10.8. The summed E-state index contributed by atoms with van der Waals surface area (Å²) in [5.74, 6) is -0.217. The van der Waals surface area contributed by atoms with Gasteiger partial charge in [-0.15, -0.1) is 10.2 Å². The third-order valence-electron chi connectivity index (χ3n) is 3.47. The van der Waals surface area contributed by atoms with Crippen molar-refractivity contribution in [2.45, 2.75) is 24.9 Å². The van der Waals surface area contributed by atoms with Crippen molar-refractivity contribution in [1.82, 2.24) is 25.5 Å². The zero-order valence-electron chi connectivity index (χ0n) is 10.8. The lowest BCUT2D eigenvalue weighted by atomic mass is 10.0. The number of carboxylic acid groups (broad SMARTS) is 1. The molecule has 104 valence electrons. The molecule has 0 radical (unpaired) electrons. The maximum absolute atomic E-state index is 10.9. The summed E-state index contributed by atoms with van der Waals surface area (Å²) in [5.41, 5.74) is 0.922. The van der Waals surface area contributed by atoms with Gasteiger partial charge in [0.1, 0.15) is 6.04 Å². The van der Waals surface area contributed by atoms with Crippen LogP contribution in [0.4, 0.5) is 0 Å². The van der Waals surface area contributed by atoms with Crippen molar-refractivity contribution < 1.29 is 9.90 Å². The highest BCUT2D eigenvalue weighted by Crippen LogP contribution is 2.19. The van der Waals surface area contributed by atoms with Crippen molar-refractivity contribution in [1.29, 1.82) is 0 Å². The largest absolute Gasteiger partial charge is 0.480 e. The molecule has 1 aliphatic rings. The molecule has 0 spiro atoms. The molecule has 3 rings (SSSR count). The normalized spacial score (nSPS) is 22.6. The minimum absolute atomic E-state index is 0.0514. The summed E-state index contributed by atoms with van der Waals surface area (Å²) < 4.78 is 0. The van der Waals surface area contributed by atoms with Crippen LogP contribution in [-0.2, 0) is 4.79 Å². The van der Waals surface area contributed by atoms with Crippen molar-refractivity contribution >= 4 is 5.97 Å². The van der Waals surface area contributed by atoms with Crippen LogP contribution in [0.5, 0.6) is 0 Å². The van der Waals surface area contributed by atoms with E-state index in [1.165, 1.54) is 0 Å². The molecule has 1 aromatic heterocycles. The van der Waals surface area contributed by atoms with Gasteiger partial charge in [-0.2, -0.15) is 4.80 Å². The fraction of sp³-hybridized carbons (Fsp3) is 0.385. The van der Waals surface area contributed by atoms with Crippen LogP contribution in [0.2, 0.25) is 0 Å². The maximum Gasteiger partial charge on any atom is 0.320 e. The quantitative estimate of drug-likeness (QED) is 0.856. The number of benzene rings is 1. The van der Waals surface area contributed by atoms with Gasteiger partial charge in [0.2, 0.25) is 5.82 Å². The van der Waals surface area contributed by atoms with Crippen molar-refractivity contribution in [3.05, 3.63) is 30.3 Å². The Kier molecular flexibility index (Phi) is 3.42. The number of hydrogen-bond donors (Lipinski definition) is 2. The minimum Gasteiger partial charge on any atom is -0.480 e. The second-order valence-corrected chi connectivity index (χ2v) is 4.83. The standard InChI is InChI=1S/C13H15N5O2/c19-13(20)11-7-6-10(8-14-11)18-16-12(15-17-18)9-4-2-1-3-5-9/h1-5,10-11,14H,6-8H2,(H,19,20). The molecule has 1 fully saturated rings. The lowest BCUT2D eigenvalue weighted by molar-refractivity contribution is -0.140. The molecule has 2 heterocycles. The molecule has 2 aromatic rings. The second kappa shape index (κ2) is 5.38. The summed E-state index contributed by atoms with van der Waals surface area (Å²) in [5, 5.41) is 24.4. The first-order chi connectivity index (χ1) is 9.74. The molecule has 7 nitrogen and oxygen atoms in total. The van der Waals surface area contributed by atoms with Gasteiger partial charge >= 0.3 is 5.97 Å². The number of nitrogens with one attached hydrogen (secondary N) is 1. The van der Waals surface area contributed by atoms with E-state index in [1.54, 1.807) is 4.80 Å². The smallest absolute Gasteiger partial charge is 0.320 e. The summed E-state index contributed by atoms with van der Waals surface area (Å²) in [6.45, 7) is 0.543. The molecule has 2 unspecified atom stereocenters. The molecule has 2 atom stereocenters. The number of rotatable bonds is 3. The van der Waals surface area contributed by atoms with Gasteiger partial charge in [0, 0.05) is 12.1 Å². The summed E-state index contributed by atoms with van der Waals surface area (Å²) in [6, 6.07) is 9.23. The SMILES string of the molecule is O=C(O)C1CCC(n2nnc(-c3ccccc3)n2)CN1. The molecular formula is C13H15N5O2. The molecule has 0 saturated carbocycles. The Morgan fingerprint density at radius 1 is 1.30 bits per heavy atom. The molecule has 7 heteroatoms. The molecule has 20 heavy (non-hydrogen) atoms. The summed E-state index contributed by atoms with van der Waals surface area (Å²) >= 11 is 0. The van der Waals surface area contributed by atoms with Gasteiger partial charge in [-0.05, 0) is 18.1 Å². The van der Waals surface area contributed by atoms with E-state index in [0.717, 1.165) is 12.0 Å². The number of nitrogens with zero attached hydrogens (tertiary/aromatic N) is 4.